The molecule has 0 bridgehead atoms. The summed E-state index contributed by atoms with van der Waals surface area (Å²) in [6, 6.07) is 0. The summed E-state index contributed by atoms with van der Waals surface area (Å²) in [5, 5.41) is 0.884. The molecule has 0 atom stereocenters. The monoisotopic (exact) mass is 129 g/mol. The van der Waals surface area contributed by atoms with Gasteiger partial charge in [0, 0.05) is 5.29 Å². The number of rotatable bonds is 2. The summed E-state index contributed by atoms with van der Waals surface area (Å²) in [7, 11) is 3.14. The van der Waals surface area contributed by atoms with Crippen molar-refractivity contribution in [1.82, 2.24) is 0 Å². The standard InChI is InChI=1S/C3H7NOSi2/c1-2-3(4)7-5-6/h2,4H2,1H3. The molecule has 0 amide bonds. The normalized spacial score (nSPS) is 11.4. The van der Waals surface area contributed by atoms with Crippen molar-refractivity contribution >= 4 is 25.2 Å². The van der Waals surface area contributed by atoms with Crippen LogP contribution in [0, 0.1) is 0 Å². The molecule has 2 nitrogen and oxygen atoms in total. The third kappa shape index (κ3) is 3.74. The zero-order valence-corrected chi connectivity index (χ0v) is 6.19. The van der Waals surface area contributed by atoms with Crippen molar-refractivity contribution in [3.05, 3.63) is 0 Å². The van der Waals surface area contributed by atoms with E-state index in [1.165, 1.54) is 0 Å². The lowest BCUT2D eigenvalue weighted by Gasteiger charge is -1.89. The van der Waals surface area contributed by atoms with Gasteiger partial charge in [0.1, 0.15) is 0 Å². The fourth-order valence-corrected chi connectivity index (χ4v) is 0.806. The largest absolute Gasteiger partial charge is 0.602 e. The van der Waals surface area contributed by atoms with E-state index in [4.69, 9.17) is 5.73 Å². The van der Waals surface area contributed by atoms with Crippen LogP contribution in [0.5, 0.6) is 0 Å². The first-order valence-corrected chi connectivity index (χ1v) is 3.32. The Kier molecular flexibility index (Phi) is 4.02. The molecule has 0 aromatic carbocycles. The van der Waals surface area contributed by atoms with Crippen LogP contribution < -0.4 is 5.73 Å². The van der Waals surface area contributed by atoms with E-state index in [9.17, 15) is 0 Å². The molecule has 0 unspecified atom stereocenters. The highest BCUT2D eigenvalue weighted by Gasteiger charge is 1.80. The van der Waals surface area contributed by atoms with Crippen LogP contribution in [-0.2, 0) is 4.12 Å². The van der Waals surface area contributed by atoms with Crippen LogP contribution in [0.1, 0.15) is 13.3 Å². The van der Waals surface area contributed by atoms with E-state index in [0.717, 1.165) is 11.7 Å². The minimum atomic E-state index is 0.297. The molecule has 38 valence electrons. The van der Waals surface area contributed by atoms with Crippen molar-refractivity contribution in [1.29, 1.82) is 0 Å². The van der Waals surface area contributed by atoms with Gasteiger partial charge in [-0.25, -0.2) is 0 Å². The van der Waals surface area contributed by atoms with Crippen LogP contribution in [0.2, 0.25) is 0 Å². The maximum Gasteiger partial charge on any atom is 0.322 e. The van der Waals surface area contributed by atoms with E-state index in [1.54, 1.807) is 0 Å². The highest BCUT2D eigenvalue weighted by molar-refractivity contribution is 6.50. The lowest BCUT2D eigenvalue weighted by atomic mass is 10.5. The summed E-state index contributed by atoms with van der Waals surface area (Å²) in [4.78, 5) is 0. The Morgan fingerprint density at radius 1 is 2.00 bits per heavy atom. The van der Waals surface area contributed by atoms with Gasteiger partial charge in [-0.2, -0.15) is 0 Å². The number of hydrogen-bond donors (Lipinski definition) is 1. The van der Waals surface area contributed by atoms with Crippen LogP contribution in [0.4, 0.5) is 0 Å². The Morgan fingerprint density at radius 3 is 2.71 bits per heavy atom. The van der Waals surface area contributed by atoms with Crippen molar-refractivity contribution in [3.63, 3.8) is 0 Å². The molecule has 0 aliphatic carbocycles. The van der Waals surface area contributed by atoms with Gasteiger partial charge in [0.25, 0.3) is 9.38 Å². The summed E-state index contributed by atoms with van der Waals surface area (Å²) in [6.07, 6.45) is 0.892. The van der Waals surface area contributed by atoms with Gasteiger partial charge in [0.2, 0.25) is 0 Å². The average molecular weight is 129 g/mol. The highest BCUT2D eigenvalue weighted by atomic mass is 28.3. The number of hydrogen-bond acceptors (Lipinski definition) is 2. The molecule has 0 saturated carbocycles. The van der Waals surface area contributed by atoms with Crippen LogP contribution in [0.25, 0.3) is 0 Å². The Hall–Kier alpha value is -0.0962. The van der Waals surface area contributed by atoms with Gasteiger partial charge in [0.05, 0.1) is 0 Å². The fraction of sp³-hybridized carbons (Fsp3) is 0.667. The molecule has 0 aromatic rings. The minimum Gasteiger partial charge on any atom is -0.602 e. The van der Waals surface area contributed by atoms with Gasteiger partial charge >= 0.3 is 10.5 Å². The summed E-state index contributed by atoms with van der Waals surface area (Å²) in [6.45, 7) is 1.99. The van der Waals surface area contributed by atoms with Crippen LogP contribution in [0.3, 0.4) is 0 Å². The molecule has 0 spiro atoms. The molecule has 0 aliphatic heterocycles. The minimum absolute atomic E-state index is 0.297. The molecular weight excluding hydrogens is 122 g/mol. The summed E-state index contributed by atoms with van der Waals surface area (Å²) < 4.78 is 4.57. The predicted octanol–water partition coefficient (Wildman–Crippen LogP) is -0.796. The molecule has 7 heavy (non-hydrogen) atoms. The lowest BCUT2D eigenvalue weighted by molar-refractivity contribution is 0.684. The van der Waals surface area contributed by atoms with E-state index in [1.807, 2.05) is 6.92 Å². The van der Waals surface area contributed by atoms with E-state index >= 15 is 0 Å². The molecule has 0 heterocycles. The maximum absolute atomic E-state index is 5.36. The van der Waals surface area contributed by atoms with Crippen molar-refractivity contribution < 1.29 is 4.12 Å². The van der Waals surface area contributed by atoms with Gasteiger partial charge in [-0.3, -0.25) is 0 Å². The summed E-state index contributed by atoms with van der Waals surface area (Å²) in [5.74, 6) is 0. The summed E-state index contributed by atoms with van der Waals surface area (Å²) in [5.41, 5.74) is 5.36. The zero-order valence-electron chi connectivity index (χ0n) is 4.19. The molecule has 0 aromatic heterocycles. The fourth-order valence-electron chi connectivity index (χ4n) is 0.138. The summed E-state index contributed by atoms with van der Waals surface area (Å²) >= 11 is 0. The van der Waals surface area contributed by atoms with Crippen molar-refractivity contribution in [2.45, 2.75) is 13.3 Å². The van der Waals surface area contributed by atoms with Gasteiger partial charge in [-0.05, 0) is 6.42 Å². The van der Waals surface area contributed by atoms with E-state index in [0.29, 0.717) is 9.38 Å². The lowest BCUT2D eigenvalue weighted by Crippen LogP contribution is -2.15. The van der Waals surface area contributed by atoms with E-state index < -0.39 is 0 Å². The van der Waals surface area contributed by atoms with Crippen LogP contribution in [0.15, 0.2) is 0 Å². The molecule has 4 heteroatoms. The molecule has 0 saturated heterocycles. The average Bonchev–Trinajstić information content (AvgIpc) is 1.68. The van der Waals surface area contributed by atoms with E-state index in [2.05, 4.69) is 14.6 Å². The molecule has 2 N–H and O–H groups in total. The Bertz CT molecular complexity index is 73.3. The molecule has 4 radical (unpaired) electrons. The zero-order chi connectivity index (χ0) is 5.70. The van der Waals surface area contributed by atoms with Crippen molar-refractivity contribution in [2.75, 3.05) is 0 Å². The second-order valence-electron chi connectivity index (χ2n) is 1.08. The van der Waals surface area contributed by atoms with Crippen LogP contribution in [-0.4, -0.2) is 25.2 Å². The first-order chi connectivity index (χ1) is 3.31. The SMILES string of the molecule is CCC(N)=[Si]O[Si]. The Balaban J connectivity index is 3.29. The first-order valence-electron chi connectivity index (χ1n) is 2.01. The highest BCUT2D eigenvalue weighted by Crippen LogP contribution is 1.67. The molecule has 0 aliphatic rings. The molecule has 0 rings (SSSR count). The second kappa shape index (κ2) is 4.07. The quantitative estimate of drug-likeness (QED) is 0.496. The first kappa shape index (κ1) is 6.90. The maximum atomic E-state index is 5.36. The Labute approximate surface area is 49.2 Å². The van der Waals surface area contributed by atoms with Crippen LogP contribution >= 0.6 is 0 Å². The predicted molar refractivity (Wildman–Crippen MR) is 32.1 cm³/mol. The topological polar surface area (TPSA) is 35.2 Å². The van der Waals surface area contributed by atoms with Crippen molar-refractivity contribution in [3.8, 4) is 0 Å². The van der Waals surface area contributed by atoms with E-state index in [-0.39, 0.29) is 0 Å². The third-order valence-electron chi connectivity index (χ3n) is 0.563. The van der Waals surface area contributed by atoms with Crippen molar-refractivity contribution in [2.24, 2.45) is 5.73 Å². The second-order valence-corrected chi connectivity index (χ2v) is 2.75. The third-order valence-corrected chi connectivity index (χ3v) is 1.59. The Morgan fingerprint density at radius 2 is 2.57 bits per heavy atom. The number of nitrogens with two attached hydrogens (primary N) is 1. The van der Waals surface area contributed by atoms with Gasteiger partial charge in [0.15, 0.2) is 0 Å². The van der Waals surface area contributed by atoms with Gasteiger partial charge in [-0.1, -0.05) is 6.92 Å². The molecular formula is C3H7NOSi2. The van der Waals surface area contributed by atoms with Gasteiger partial charge in [-0.15, -0.1) is 0 Å². The van der Waals surface area contributed by atoms with Gasteiger partial charge < -0.3 is 9.85 Å². The smallest absolute Gasteiger partial charge is 0.322 e. The molecule has 0 fully saturated rings.